The Kier molecular flexibility index (Phi) is 6.05. The Morgan fingerprint density at radius 1 is 1.33 bits per heavy atom. The molecular formula is C16H18FN3O4. The van der Waals surface area contributed by atoms with E-state index in [1.165, 1.54) is 0 Å². The number of nitrogens with two attached hydrogens (primary N) is 1. The van der Waals surface area contributed by atoms with E-state index in [2.05, 4.69) is 10.3 Å². The maximum atomic E-state index is 12.9. The van der Waals surface area contributed by atoms with Crippen molar-refractivity contribution in [2.45, 2.75) is 18.8 Å². The number of amides is 1. The van der Waals surface area contributed by atoms with Crippen LogP contribution in [0.3, 0.4) is 0 Å². The number of alkyl carbamates (subject to hydrolysis) is 1. The van der Waals surface area contributed by atoms with Gasteiger partial charge in [0.1, 0.15) is 24.6 Å². The summed E-state index contributed by atoms with van der Waals surface area (Å²) in [5.74, 6) is -0.652. The van der Waals surface area contributed by atoms with Gasteiger partial charge in [-0.25, -0.2) is 9.18 Å². The molecule has 0 aliphatic carbocycles. The van der Waals surface area contributed by atoms with Crippen molar-refractivity contribution in [3.05, 3.63) is 59.7 Å². The second-order valence-corrected chi connectivity index (χ2v) is 5.08. The second kappa shape index (κ2) is 8.23. The number of pyridine rings is 1. The number of benzene rings is 1. The van der Waals surface area contributed by atoms with Gasteiger partial charge in [-0.1, -0.05) is 30.3 Å². The zero-order chi connectivity index (χ0) is 17.5. The summed E-state index contributed by atoms with van der Waals surface area (Å²) in [7, 11) is 0. The first kappa shape index (κ1) is 17.6. The topological polar surface area (TPSA) is 118 Å². The van der Waals surface area contributed by atoms with Crippen LogP contribution in [-0.4, -0.2) is 33.9 Å². The molecule has 24 heavy (non-hydrogen) atoms. The second-order valence-electron chi connectivity index (χ2n) is 5.08. The van der Waals surface area contributed by atoms with Crippen molar-refractivity contribution in [2.24, 2.45) is 0 Å². The number of aromatic nitrogens is 1. The highest BCUT2D eigenvalue weighted by molar-refractivity contribution is 5.67. The van der Waals surface area contributed by atoms with Crippen LogP contribution in [0.1, 0.15) is 17.4 Å². The molecule has 1 aromatic carbocycles. The number of hydrogen-bond donors (Lipinski definition) is 4. The fourth-order valence-corrected chi connectivity index (χ4v) is 1.97. The van der Waals surface area contributed by atoms with Crippen LogP contribution < -0.4 is 11.1 Å². The molecule has 0 radical (unpaired) electrons. The summed E-state index contributed by atoms with van der Waals surface area (Å²) < 4.78 is 17.9. The van der Waals surface area contributed by atoms with Gasteiger partial charge in [-0.05, 0) is 5.56 Å². The van der Waals surface area contributed by atoms with Crippen LogP contribution in [0.15, 0.2) is 42.6 Å². The summed E-state index contributed by atoms with van der Waals surface area (Å²) >= 11 is 0. The van der Waals surface area contributed by atoms with E-state index in [0.717, 1.165) is 17.8 Å². The maximum Gasteiger partial charge on any atom is 0.407 e. The first-order chi connectivity index (χ1) is 11.5. The molecule has 2 atom stereocenters. The summed E-state index contributed by atoms with van der Waals surface area (Å²) in [5, 5.41) is 22.2. The molecule has 0 bridgehead atoms. The number of carbonyl (C=O) groups excluding carboxylic acids is 1. The van der Waals surface area contributed by atoms with Gasteiger partial charge in [-0.3, -0.25) is 4.98 Å². The third-order valence-corrected chi connectivity index (χ3v) is 3.23. The minimum atomic E-state index is -1.47. The summed E-state index contributed by atoms with van der Waals surface area (Å²) in [4.78, 5) is 15.2. The molecule has 8 heteroatoms. The van der Waals surface area contributed by atoms with Gasteiger partial charge < -0.3 is 26.0 Å². The minimum absolute atomic E-state index is 0.0663. The van der Waals surface area contributed by atoms with E-state index in [1.807, 2.05) is 18.2 Å². The van der Waals surface area contributed by atoms with Crippen molar-refractivity contribution < 1.29 is 24.1 Å². The number of rotatable bonds is 6. The molecule has 0 aliphatic rings. The molecule has 1 heterocycles. The van der Waals surface area contributed by atoms with E-state index in [9.17, 15) is 19.4 Å². The van der Waals surface area contributed by atoms with Crippen LogP contribution in [0.4, 0.5) is 14.9 Å². The van der Waals surface area contributed by atoms with Crippen LogP contribution in [0, 0.1) is 5.82 Å². The van der Waals surface area contributed by atoms with Gasteiger partial charge in [0.25, 0.3) is 0 Å². The summed E-state index contributed by atoms with van der Waals surface area (Å²) in [6.45, 7) is -0.203. The summed E-state index contributed by atoms with van der Waals surface area (Å²) in [5.41, 5.74) is 6.20. The van der Waals surface area contributed by atoms with Crippen molar-refractivity contribution >= 4 is 11.8 Å². The fraction of sp³-hybridized carbons (Fsp3) is 0.250. The zero-order valence-electron chi connectivity index (χ0n) is 12.7. The SMILES string of the molecule is Nc1cc(F)cnc1C(O)C(O)CNC(=O)OCc1ccccc1. The van der Waals surface area contributed by atoms with Crippen LogP contribution in [0.5, 0.6) is 0 Å². The van der Waals surface area contributed by atoms with Crippen molar-refractivity contribution in [3.63, 3.8) is 0 Å². The molecule has 128 valence electrons. The Hall–Kier alpha value is -2.71. The van der Waals surface area contributed by atoms with Crippen LogP contribution >= 0.6 is 0 Å². The summed E-state index contributed by atoms with van der Waals surface area (Å²) in [6.07, 6.45) is -2.72. The summed E-state index contributed by atoms with van der Waals surface area (Å²) in [6, 6.07) is 10.1. The lowest BCUT2D eigenvalue weighted by Crippen LogP contribution is -2.36. The normalized spacial score (nSPS) is 13.1. The van der Waals surface area contributed by atoms with Gasteiger partial charge in [0.05, 0.1) is 17.6 Å². The predicted molar refractivity (Wildman–Crippen MR) is 84.2 cm³/mol. The zero-order valence-corrected chi connectivity index (χ0v) is 12.7. The van der Waals surface area contributed by atoms with Crippen LogP contribution in [0.25, 0.3) is 0 Å². The highest BCUT2D eigenvalue weighted by Gasteiger charge is 2.23. The highest BCUT2D eigenvalue weighted by Crippen LogP contribution is 2.21. The number of nitrogens with one attached hydrogen (secondary N) is 1. The Bertz CT molecular complexity index is 684. The molecule has 1 amide bonds. The molecule has 5 N–H and O–H groups in total. The first-order valence-corrected chi connectivity index (χ1v) is 7.19. The molecule has 2 aromatic rings. The number of aliphatic hydroxyl groups is 2. The number of ether oxygens (including phenoxy) is 1. The van der Waals surface area contributed by atoms with Gasteiger partial charge in [-0.2, -0.15) is 0 Å². The molecule has 1 aromatic heterocycles. The van der Waals surface area contributed by atoms with Gasteiger partial charge in [-0.15, -0.1) is 0 Å². The number of nitrogens with zero attached hydrogens (tertiary/aromatic N) is 1. The number of aliphatic hydroxyl groups excluding tert-OH is 2. The monoisotopic (exact) mass is 335 g/mol. The van der Waals surface area contributed by atoms with Gasteiger partial charge in [0.2, 0.25) is 0 Å². The number of halogens is 1. The molecule has 0 saturated carbocycles. The van der Waals surface area contributed by atoms with E-state index >= 15 is 0 Å². The number of hydrogen-bond acceptors (Lipinski definition) is 6. The first-order valence-electron chi connectivity index (χ1n) is 7.19. The Labute approximate surface area is 137 Å². The van der Waals surface area contributed by atoms with E-state index in [4.69, 9.17) is 10.5 Å². The smallest absolute Gasteiger partial charge is 0.407 e. The predicted octanol–water partition coefficient (Wildman–Crippen LogP) is 1.12. The van der Waals surface area contributed by atoms with Gasteiger partial charge in [0.15, 0.2) is 0 Å². The average molecular weight is 335 g/mol. The fourth-order valence-electron chi connectivity index (χ4n) is 1.97. The Morgan fingerprint density at radius 3 is 2.71 bits per heavy atom. The van der Waals surface area contributed by atoms with Crippen molar-refractivity contribution in [1.29, 1.82) is 0 Å². The van der Waals surface area contributed by atoms with Gasteiger partial charge >= 0.3 is 6.09 Å². The van der Waals surface area contributed by atoms with Gasteiger partial charge in [0, 0.05) is 12.6 Å². The molecule has 2 rings (SSSR count). The lowest BCUT2D eigenvalue weighted by molar-refractivity contribution is 0.0163. The standard InChI is InChI=1S/C16H18FN3O4/c17-11-6-12(18)14(19-7-11)15(22)13(21)8-20-16(23)24-9-10-4-2-1-3-5-10/h1-7,13,15,21-22H,8-9,18H2,(H,20,23). The van der Waals surface area contributed by atoms with E-state index in [1.54, 1.807) is 12.1 Å². The van der Waals surface area contributed by atoms with Crippen molar-refractivity contribution in [3.8, 4) is 0 Å². The third-order valence-electron chi connectivity index (χ3n) is 3.23. The lowest BCUT2D eigenvalue weighted by Gasteiger charge is -2.19. The lowest BCUT2D eigenvalue weighted by atomic mass is 10.1. The molecule has 0 saturated heterocycles. The van der Waals surface area contributed by atoms with E-state index in [-0.39, 0.29) is 24.5 Å². The third kappa shape index (κ3) is 4.90. The molecule has 0 aliphatic heterocycles. The molecule has 0 spiro atoms. The van der Waals surface area contributed by atoms with E-state index < -0.39 is 24.1 Å². The molecule has 7 nitrogen and oxygen atoms in total. The Balaban J connectivity index is 1.81. The number of nitrogen functional groups attached to an aromatic ring is 1. The minimum Gasteiger partial charge on any atom is -0.445 e. The largest absolute Gasteiger partial charge is 0.445 e. The number of carbonyl (C=O) groups is 1. The molecule has 0 fully saturated rings. The Morgan fingerprint density at radius 2 is 2.04 bits per heavy atom. The van der Waals surface area contributed by atoms with E-state index in [0.29, 0.717) is 0 Å². The highest BCUT2D eigenvalue weighted by atomic mass is 19.1. The maximum absolute atomic E-state index is 12.9. The average Bonchev–Trinajstić information content (AvgIpc) is 2.58. The van der Waals surface area contributed by atoms with Crippen LogP contribution in [0.2, 0.25) is 0 Å². The van der Waals surface area contributed by atoms with Crippen molar-refractivity contribution in [2.75, 3.05) is 12.3 Å². The molecular weight excluding hydrogens is 317 g/mol. The number of anilines is 1. The quantitative estimate of drug-likeness (QED) is 0.628. The molecule has 2 unspecified atom stereocenters. The van der Waals surface area contributed by atoms with Crippen LogP contribution in [-0.2, 0) is 11.3 Å². The van der Waals surface area contributed by atoms with Crippen molar-refractivity contribution in [1.82, 2.24) is 10.3 Å².